The zero-order valence-corrected chi connectivity index (χ0v) is 9.40. The third-order valence-electron chi connectivity index (χ3n) is 2.30. The van der Waals surface area contributed by atoms with Crippen molar-refractivity contribution < 1.29 is 5.11 Å². The van der Waals surface area contributed by atoms with Crippen molar-refractivity contribution in [3.8, 4) is 0 Å². The Kier molecular flexibility index (Phi) is 4.16. The summed E-state index contributed by atoms with van der Waals surface area (Å²) in [5, 5.41) is 8.86. The van der Waals surface area contributed by atoms with E-state index in [1.807, 2.05) is 0 Å². The molecule has 15 heavy (non-hydrogen) atoms. The first-order valence-electron chi connectivity index (χ1n) is 5.31. The van der Waals surface area contributed by atoms with Gasteiger partial charge in [-0.3, -0.25) is 0 Å². The van der Waals surface area contributed by atoms with Crippen LogP contribution in [0.15, 0.2) is 12.8 Å². The van der Waals surface area contributed by atoms with Crippen molar-refractivity contribution in [3.63, 3.8) is 0 Å². The quantitative estimate of drug-likeness (QED) is 0.752. The van der Waals surface area contributed by atoms with Crippen molar-refractivity contribution >= 4 is 12.2 Å². The van der Waals surface area contributed by atoms with E-state index >= 15 is 0 Å². The summed E-state index contributed by atoms with van der Waals surface area (Å²) in [5.74, 6) is 1.04. The smallest absolute Gasteiger partial charge is 0.109 e. The van der Waals surface area contributed by atoms with Crippen LogP contribution in [0.25, 0.3) is 12.2 Å². The SMILES string of the molecule is C=Cc1nc(CC)n(CCC)c1/C=C/O. The highest BCUT2D eigenvalue weighted by Crippen LogP contribution is 2.16. The van der Waals surface area contributed by atoms with E-state index in [9.17, 15) is 0 Å². The van der Waals surface area contributed by atoms with Gasteiger partial charge in [-0.05, 0) is 18.6 Å². The van der Waals surface area contributed by atoms with Gasteiger partial charge in [0.05, 0.1) is 17.6 Å². The van der Waals surface area contributed by atoms with Crippen LogP contribution in [0.4, 0.5) is 0 Å². The van der Waals surface area contributed by atoms with Gasteiger partial charge in [0.15, 0.2) is 0 Å². The molecular weight excluding hydrogens is 188 g/mol. The molecule has 0 bridgehead atoms. The van der Waals surface area contributed by atoms with Gasteiger partial charge in [0.25, 0.3) is 0 Å². The molecule has 82 valence electrons. The number of hydrogen-bond acceptors (Lipinski definition) is 2. The van der Waals surface area contributed by atoms with Gasteiger partial charge in [-0.2, -0.15) is 0 Å². The highest BCUT2D eigenvalue weighted by Gasteiger charge is 2.10. The number of aliphatic hydroxyl groups is 1. The van der Waals surface area contributed by atoms with E-state index in [2.05, 4.69) is 30.0 Å². The second-order valence-corrected chi connectivity index (χ2v) is 3.32. The maximum Gasteiger partial charge on any atom is 0.109 e. The highest BCUT2D eigenvalue weighted by atomic mass is 16.2. The fraction of sp³-hybridized carbons (Fsp3) is 0.417. The van der Waals surface area contributed by atoms with Gasteiger partial charge < -0.3 is 9.67 Å². The summed E-state index contributed by atoms with van der Waals surface area (Å²) in [6, 6.07) is 0. The lowest BCUT2D eigenvalue weighted by molar-refractivity contribution is 0.477. The van der Waals surface area contributed by atoms with Crippen molar-refractivity contribution in [1.29, 1.82) is 0 Å². The van der Waals surface area contributed by atoms with E-state index in [1.54, 1.807) is 12.2 Å². The highest BCUT2D eigenvalue weighted by molar-refractivity contribution is 5.59. The summed E-state index contributed by atoms with van der Waals surface area (Å²) in [5.41, 5.74) is 1.77. The Morgan fingerprint density at radius 2 is 2.20 bits per heavy atom. The maximum atomic E-state index is 8.86. The molecule has 0 spiro atoms. The van der Waals surface area contributed by atoms with Crippen molar-refractivity contribution in [2.24, 2.45) is 0 Å². The van der Waals surface area contributed by atoms with Crippen LogP contribution in [0.1, 0.15) is 37.5 Å². The van der Waals surface area contributed by atoms with Gasteiger partial charge in [-0.15, -0.1) is 0 Å². The Balaban J connectivity index is 3.27. The first kappa shape index (κ1) is 11.6. The van der Waals surface area contributed by atoms with Crippen LogP contribution in [0.5, 0.6) is 0 Å². The third-order valence-corrected chi connectivity index (χ3v) is 2.30. The van der Waals surface area contributed by atoms with Gasteiger partial charge in [0.1, 0.15) is 5.82 Å². The average Bonchev–Trinajstić information content (AvgIpc) is 2.58. The van der Waals surface area contributed by atoms with Crippen LogP contribution in [0, 0.1) is 0 Å². The van der Waals surface area contributed by atoms with Crippen LogP contribution in [-0.2, 0) is 13.0 Å². The van der Waals surface area contributed by atoms with Crippen LogP contribution in [0.3, 0.4) is 0 Å². The van der Waals surface area contributed by atoms with Crippen molar-refractivity contribution in [3.05, 3.63) is 30.1 Å². The minimum absolute atomic E-state index is 0.839. The molecule has 1 aromatic heterocycles. The topological polar surface area (TPSA) is 38.0 Å². The molecule has 0 fully saturated rings. The Morgan fingerprint density at radius 1 is 1.47 bits per heavy atom. The predicted octanol–water partition coefficient (Wildman–Crippen LogP) is 3.03. The molecule has 0 saturated heterocycles. The molecular formula is C12H18N2O. The summed E-state index contributed by atoms with van der Waals surface area (Å²) in [7, 11) is 0. The van der Waals surface area contributed by atoms with E-state index < -0.39 is 0 Å². The van der Waals surface area contributed by atoms with E-state index in [0.29, 0.717) is 0 Å². The van der Waals surface area contributed by atoms with Crippen molar-refractivity contribution in [2.75, 3.05) is 0 Å². The average molecular weight is 206 g/mol. The molecule has 3 heteroatoms. The molecule has 0 atom stereocenters. The molecule has 0 amide bonds. The number of aryl methyl sites for hydroxylation is 1. The number of imidazole rings is 1. The molecule has 1 rings (SSSR count). The van der Waals surface area contributed by atoms with Gasteiger partial charge in [-0.25, -0.2) is 4.98 Å². The van der Waals surface area contributed by atoms with Crippen LogP contribution < -0.4 is 0 Å². The molecule has 1 aromatic rings. The van der Waals surface area contributed by atoms with Crippen molar-refractivity contribution in [1.82, 2.24) is 9.55 Å². The lowest BCUT2D eigenvalue weighted by Crippen LogP contribution is -2.04. The molecule has 0 saturated carbocycles. The van der Waals surface area contributed by atoms with Gasteiger partial charge in [0.2, 0.25) is 0 Å². The van der Waals surface area contributed by atoms with Crippen molar-refractivity contribution in [2.45, 2.75) is 33.2 Å². The minimum atomic E-state index is 0.839. The number of aliphatic hydroxyl groups excluding tert-OH is 1. The second kappa shape index (κ2) is 5.39. The Hall–Kier alpha value is -1.51. The number of aromatic nitrogens is 2. The summed E-state index contributed by atoms with van der Waals surface area (Å²) in [4.78, 5) is 4.47. The first-order chi connectivity index (χ1) is 7.28. The van der Waals surface area contributed by atoms with E-state index in [0.717, 1.165) is 42.9 Å². The maximum absolute atomic E-state index is 8.86. The normalized spacial score (nSPS) is 11.1. The molecule has 0 unspecified atom stereocenters. The summed E-state index contributed by atoms with van der Waals surface area (Å²) in [6.07, 6.45) is 6.38. The Morgan fingerprint density at radius 3 is 2.67 bits per heavy atom. The molecule has 1 N–H and O–H groups in total. The molecule has 0 aliphatic carbocycles. The van der Waals surface area contributed by atoms with Crippen LogP contribution in [0.2, 0.25) is 0 Å². The molecule has 0 radical (unpaired) electrons. The Labute approximate surface area is 90.8 Å². The Bertz CT molecular complexity index is 364. The van der Waals surface area contributed by atoms with Gasteiger partial charge >= 0.3 is 0 Å². The second-order valence-electron chi connectivity index (χ2n) is 3.32. The molecule has 1 heterocycles. The number of nitrogens with zero attached hydrogens (tertiary/aromatic N) is 2. The largest absolute Gasteiger partial charge is 0.516 e. The van der Waals surface area contributed by atoms with Crippen LogP contribution >= 0.6 is 0 Å². The lowest BCUT2D eigenvalue weighted by atomic mass is 10.3. The molecule has 3 nitrogen and oxygen atoms in total. The molecule has 0 aliphatic rings. The predicted molar refractivity (Wildman–Crippen MR) is 63.6 cm³/mol. The summed E-state index contributed by atoms with van der Waals surface area (Å²) < 4.78 is 2.13. The fourth-order valence-corrected chi connectivity index (χ4v) is 1.67. The molecule has 0 aliphatic heterocycles. The zero-order chi connectivity index (χ0) is 11.3. The molecule has 0 aromatic carbocycles. The van der Waals surface area contributed by atoms with E-state index in [1.165, 1.54) is 0 Å². The van der Waals surface area contributed by atoms with Gasteiger partial charge in [0, 0.05) is 13.0 Å². The first-order valence-corrected chi connectivity index (χ1v) is 5.31. The van der Waals surface area contributed by atoms with Crippen LogP contribution in [-0.4, -0.2) is 14.7 Å². The third kappa shape index (κ3) is 2.29. The minimum Gasteiger partial charge on any atom is -0.516 e. The standard InChI is InChI=1S/C12H18N2O/c1-4-8-14-11(7-9-15)10(5-2)13-12(14)6-3/h5,7,9,15H,2,4,6,8H2,1,3H3/b9-7+. The summed E-state index contributed by atoms with van der Waals surface area (Å²) >= 11 is 0. The zero-order valence-electron chi connectivity index (χ0n) is 9.40. The monoisotopic (exact) mass is 206 g/mol. The number of hydrogen-bond donors (Lipinski definition) is 1. The summed E-state index contributed by atoms with van der Waals surface area (Å²) in [6.45, 7) is 8.85. The van der Waals surface area contributed by atoms with E-state index in [4.69, 9.17) is 5.11 Å². The fourth-order valence-electron chi connectivity index (χ4n) is 1.67. The van der Waals surface area contributed by atoms with E-state index in [-0.39, 0.29) is 0 Å². The number of rotatable bonds is 5. The van der Waals surface area contributed by atoms with Gasteiger partial charge in [-0.1, -0.05) is 20.4 Å². The lowest BCUT2D eigenvalue weighted by Gasteiger charge is -2.06.